The fraction of sp³-hybridized carbons (Fsp3) is 0.833. The zero-order chi connectivity index (χ0) is 7.54. The zero-order valence-corrected chi connectivity index (χ0v) is 5.97. The van der Waals surface area contributed by atoms with Gasteiger partial charge in [0.25, 0.3) is 0 Å². The Morgan fingerprint density at radius 2 is 1.89 bits per heavy atom. The van der Waals surface area contributed by atoms with Crippen LogP contribution in [-0.2, 0) is 4.79 Å². The van der Waals surface area contributed by atoms with Crippen molar-refractivity contribution in [1.29, 1.82) is 0 Å². The average Bonchev–Trinajstić information content (AvgIpc) is 1.94. The van der Waals surface area contributed by atoms with Gasteiger partial charge in [-0.1, -0.05) is 19.8 Å². The van der Waals surface area contributed by atoms with Crippen molar-refractivity contribution in [1.82, 2.24) is 0 Å². The second-order valence-corrected chi connectivity index (χ2v) is 1.66. The third-order valence-corrected chi connectivity index (χ3v) is 0.926. The Morgan fingerprint density at radius 3 is 2.22 bits per heavy atom. The SMILES string of the molecule is CCCCCC=O.NN. The molecular weight excluding hydrogens is 116 g/mol. The highest BCUT2D eigenvalue weighted by atomic mass is 16.1. The minimum absolute atomic E-state index is 0.744. The van der Waals surface area contributed by atoms with Crippen molar-refractivity contribution in [3.8, 4) is 0 Å². The summed E-state index contributed by atoms with van der Waals surface area (Å²) in [6.45, 7) is 2.13. The van der Waals surface area contributed by atoms with Crippen LogP contribution in [0.2, 0.25) is 0 Å². The summed E-state index contributed by atoms with van der Waals surface area (Å²) in [5, 5.41) is 0. The van der Waals surface area contributed by atoms with Gasteiger partial charge in [-0.3, -0.25) is 11.7 Å². The summed E-state index contributed by atoms with van der Waals surface area (Å²) < 4.78 is 0. The first kappa shape index (κ1) is 11.4. The lowest BCUT2D eigenvalue weighted by atomic mass is 10.2. The lowest BCUT2D eigenvalue weighted by Gasteiger charge is -1.85. The molecule has 0 atom stereocenters. The minimum Gasteiger partial charge on any atom is -0.303 e. The predicted octanol–water partition coefficient (Wildman–Crippen LogP) is 0.584. The van der Waals surface area contributed by atoms with Crippen LogP contribution in [0.1, 0.15) is 32.6 Å². The van der Waals surface area contributed by atoms with E-state index in [4.69, 9.17) is 0 Å². The Bertz CT molecular complexity index is 48.3. The van der Waals surface area contributed by atoms with Gasteiger partial charge in [-0.05, 0) is 6.42 Å². The van der Waals surface area contributed by atoms with E-state index < -0.39 is 0 Å². The third kappa shape index (κ3) is 18.4. The van der Waals surface area contributed by atoms with E-state index in [-0.39, 0.29) is 0 Å². The van der Waals surface area contributed by atoms with Crippen molar-refractivity contribution in [2.45, 2.75) is 32.6 Å². The van der Waals surface area contributed by atoms with Crippen molar-refractivity contribution in [3.05, 3.63) is 0 Å². The van der Waals surface area contributed by atoms with Gasteiger partial charge in [-0.15, -0.1) is 0 Å². The molecule has 4 N–H and O–H groups in total. The molecule has 0 bridgehead atoms. The van der Waals surface area contributed by atoms with E-state index in [0.717, 1.165) is 19.1 Å². The molecule has 0 unspecified atom stereocenters. The summed E-state index contributed by atoms with van der Waals surface area (Å²) in [6.07, 6.45) is 5.19. The second kappa shape index (κ2) is 15.6. The van der Waals surface area contributed by atoms with Crippen molar-refractivity contribution in [3.63, 3.8) is 0 Å². The normalized spacial score (nSPS) is 7.44. The standard InChI is InChI=1S/C6H12O.H4N2/c1-2-3-4-5-6-7;1-2/h6H,2-5H2,1H3;1-2H2. The number of unbranched alkanes of at least 4 members (excludes halogenated alkanes) is 3. The lowest BCUT2D eigenvalue weighted by molar-refractivity contribution is -0.107. The fourth-order valence-electron chi connectivity index (χ4n) is 0.478. The molecule has 0 aromatic heterocycles. The van der Waals surface area contributed by atoms with E-state index >= 15 is 0 Å². The van der Waals surface area contributed by atoms with Gasteiger partial charge in [0.05, 0.1) is 0 Å². The Labute approximate surface area is 56.4 Å². The van der Waals surface area contributed by atoms with Crippen LogP contribution >= 0.6 is 0 Å². The molecular formula is C6H16N2O. The third-order valence-electron chi connectivity index (χ3n) is 0.926. The van der Waals surface area contributed by atoms with Crippen molar-refractivity contribution in [2.24, 2.45) is 11.7 Å². The van der Waals surface area contributed by atoms with Crippen molar-refractivity contribution >= 4 is 6.29 Å². The highest BCUT2D eigenvalue weighted by Gasteiger charge is 1.80. The Hall–Kier alpha value is -0.410. The molecule has 0 heterocycles. The highest BCUT2D eigenvalue weighted by molar-refractivity contribution is 5.48. The molecule has 3 heteroatoms. The Kier molecular flexibility index (Phi) is 19.8. The molecule has 0 saturated carbocycles. The number of hydrogen-bond donors (Lipinski definition) is 2. The van der Waals surface area contributed by atoms with Gasteiger partial charge >= 0.3 is 0 Å². The summed E-state index contributed by atoms with van der Waals surface area (Å²) in [4.78, 5) is 9.68. The maximum atomic E-state index is 9.68. The second-order valence-electron chi connectivity index (χ2n) is 1.66. The zero-order valence-electron chi connectivity index (χ0n) is 5.97. The summed E-state index contributed by atoms with van der Waals surface area (Å²) >= 11 is 0. The molecule has 0 aliphatic heterocycles. The molecule has 0 radical (unpaired) electrons. The first-order valence-corrected chi connectivity index (χ1v) is 3.18. The van der Waals surface area contributed by atoms with Crippen molar-refractivity contribution in [2.75, 3.05) is 0 Å². The first-order valence-electron chi connectivity index (χ1n) is 3.18. The molecule has 0 saturated heterocycles. The minimum atomic E-state index is 0.744. The first-order chi connectivity index (χ1) is 4.41. The number of nitrogens with two attached hydrogens (primary N) is 2. The Morgan fingerprint density at radius 1 is 1.33 bits per heavy atom. The van der Waals surface area contributed by atoms with E-state index in [9.17, 15) is 4.79 Å². The molecule has 0 aliphatic rings. The van der Waals surface area contributed by atoms with E-state index in [0.29, 0.717) is 0 Å². The maximum absolute atomic E-state index is 9.68. The van der Waals surface area contributed by atoms with Crippen LogP contribution in [0.5, 0.6) is 0 Å². The van der Waals surface area contributed by atoms with E-state index in [1.165, 1.54) is 12.8 Å². The predicted molar refractivity (Wildman–Crippen MR) is 38.6 cm³/mol. The topological polar surface area (TPSA) is 69.1 Å². The van der Waals surface area contributed by atoms with Crippen LogP contribution in [0.15, 0.2) is 0 Å². The van der Waals surface area contributed by atoms with Crippen molar-refractivity contribution < 1.29 is 4.79 Å². The largest absolute Gasteiger partial charge is 0.303 e. The van der Waals surface area contributed by atoms with Gasteiger partial charge in [0.2, 0.25) is 0 Å². The fourth-order valence-corrected chi connectivity index (χ4v) is 0.478. The Balaban J connectivity index is 0. The molecule has 0 fully saturated rings. The smallest absolute Gasteiger partial charge is 0.119 e. The summed E-state index contributed by atoms with van der Waals surface area (Å²) in [6, 6.07) is 0. The molecule has 0 aromatic rings. The molecule has 0 spiro atoms. The van der Waals surface area contributed by atoms with Gasteiger partial charge in [-0.25, -0.2) is 0 Å². The van der Waals surface area contributed by atoms with E-state index in [1.807, 2.05) is 0 Å². The average molecular weight is 132 g/mol. The van der Waals surface area contributed by atoms with Crippen LogP contribution in [0.3, 0.4) is 0 Å². The molecule has 0 aromatic carbocycles. The van der Waals surface area contributed by atoms with E-state index in [1.54, 1.807) is 0 Å². The van der Waals surface area contributed by atoms with Gasteiger partial charge in [-0.2, -0.15) is 0 Å². The lowest BCUT2D eigenvalue weighted by Crippen LogP contribution is -2.02. The van der Waals surface area contributed by atoms with Crippen LogP contribution in [0, 0.1) is 0 Å². The van der Waals surface area contributed by atoms with Gasteiger partial charge in [0, 0.05) is 6.42 Å². The van der Waals surface area contributed by atoms with Gasteiger partial charge in [0.15, 0.2) is 0 Å². The van der Waals surface area contributed by atoms with Gasteiger partial charge < -0.3 is 4.79 Å². The van der Waals surface area contributed by atoms with Crippen LogP contribution in [0.25, 0.3) is 0 Å². The molecule has 56 valence electrons. The molecule has 9 heavy (non-hydrogen) atoms. The van der Waals surface area contributed by atoms with Gasteiger partial charge in [0.1, 0.15) is 6.29 Å². The van der Waals surface area contributed by atoms with Crippen LogP contribution < -0.4 is 11.7 Å². The van der Waals surface area contributed by atoms with Crippen LogP contribution in [0.4, 0.5) is 0 Å². The van der Waals surface area contributed by atoms with E-state index in [2.05, 4.69) is 18.6 Å². The summed E-state index contributed by atoms with van der Waals surface area (Å²) in [7, 11) is 0. The number of hydrazine groups is 1. The number of aldehydes is 1. The molecule has 0 rings (SSSR count). The summed E-state index contributed by atoms with van der Waals surface area (Å²) in [5.41, 5.74) is 0. The maximum Gasteiger partial charge on any atom is 0.119 e. The van der Waals surface area contributed by atoms with Crippen LogP contribution in [-0.4, -0.2) is 6.29 Å². The quantitative estimate of drug-likeness (QED) is 0.254. The number of carbonyl (C=O) groups is 1. The molecule has 0 aliphatic carbocycles. The molecule has 0 amide bonds. The number of hydrogen-bond acceptors (Lipinski definition) is 3. The summed E-state index contributed by atoms with van der Waals surface area (Å²) in [5.74, 6) is 8.00. The highest BCUT2D eigenvalue weighted by Crippen LogP contribution is 1.94. The number of carbonyl (C=O) groups excluding carboxylic acids is 1. The number of rotatable bonds is 4. The monoisotopic (exact) mass is 132 g/mol. The molecule has 3 nitrogen and oxygen atoms in total.